The van der Waals surface area contributed by atoms with E-state index in [1.807, 2.05) is 30.3 Å². The van der Waals surface area contributed by atoms with Crippen LogP contribution in [0.4, 0.5) is 10.5 Å². The van der Waals surface area contributed by atoms with Crippen molar-refractivity contribution in [2.24, 2.45) is 0 Å². The molecular weight excluding hydrogens is 439 g/mol. The highest BCUT2D eigenvalue weighted by Gasteiger charge is 2.32. The molecule has 154 valence electrons. The molecular formula is C20H19Cl3N2O4. The molecule has 2 aromatic rings. The normalized spacial score (nSPS) is 16.3. The first-order valence-corrected chi connectivity index (χ1v) is 10.0. The molecule has 3 rings (SSSR count). The third kappa shape index (κ3) is 6.42. The molecule has 2 N–H and O–H groups in total. The van der Waals surface area contributed by atoms with Gasteiger partial charge in [-0.05, 0) is 30.2 Å². The fourth-order valence-electron chi connectivity index (χ4n) is 3.07. The molecule has 0 radical (unpaired) electrons. The molecule has 1 aliphatic heterocycles. The van der Waals surface area contributed by atoms with Crippen LogP contribution in [0.25, 0.3) is 0 Å². The Balaban J connectivity index is 1.70. The molecule has 0 fully saturated rings. The van der Waals surface area contributed by atoms with Gasteiger partial charge in [-0.2, -0.15) is 0 Å². The summed E-state index contributed by atoms with van der Waals surface area (Å²) in [6.45, 7) is 0.192. The number of esters is 1. The lowest BCUT2D eigenvalue weighted by Crippen LogP contribution is -2.45. The van der Waals surface area contributed by atoms with Crippen LogP contribution >= 0.6 is 34.8 Å². The number of para-hydroxylation sites is 2. The minimum absolute atomic E-state index is 0.00740. The molecule has 9 heteroatoms. The highest BCUT2D eigenvalue weighted by molar-refractivity contribution is 6.67. The number of nitrogens with one attached hydrogen (secondary N) is 2. The van der Waals surface area contributed by atoms with E-state index in [4.69, 9.17) is 44.3 Å². The van der Waals surface area contributed by atoms with Gasteiger partial charge >= 0.3 is 12.1 Å². The summed E-state index contributed by atoms with van der Waals surface area (Å²) in [5, 5.41) is 5.82. The van der Waals surface area contributed by atoms with Crippen molar-refractivity contribution in [3.05, 3.63) is 60.2 Å². The van der Waals surface area contributed by atoms with E-state index in [-0.39, 0.29) is 5.92 Å². The Hall–Kier alpha value is -2.15. The van der Waals surface area contributed by atoms with E-state index in [9.17, 15) is 9.59 Å². The molecule has 0 aliphatic carbocycles. The topological polar surface area (TPSA) is 76.7 Å². The molecule has 2 aromatic carbocycles. The molecule has 1 unspecified atom stereocenters. The van der Waals surface area contributed by atoms with Crippen LogP contribution in [-0.2, 0) is 9.53 Å². The fraction of sp³-hybridized carbons (Fsp3) is 0.300. The van der Waals surface area contributed by atoms with E-state index in [0.717, 1.165) is 11.3 Å². The van der Waals surface area contributed by atoms with Gasteiger partial charge in [0.05, 0.1) is 0 Å². The van der Waals surface area contributed by atoms with Gasteiger partial charge in [-0.25, -0.2) is 9.59 Å². The molecule has 6 nitrogen and oxygen atoms in total. The summed E-state index contributed by atoms with van der Waals surface area (Å²) in [6, 6.07) is 15.5. The summed E-state index contributed by atoms with van der Waals surface area (Å²) in [7, 11) is 0. The Morgan fingerprint density at radius 3 is 2.52 bits per heavy atom. The minimum Gasteiger partial charge on any atom is -0.445 e. The number of fused-ring (bicyclic) bond motifs is 1. The first-order valence-electron chi connectivity index (χ1n) is 8.91. The second-order valence-corrected chi connectivity index (χ2v) is 9.04. The van der Waals surface area contributed by atoms with E-state index in [0.29, 0.717) is 18.7 Å². The lowest BCUT2D eigenvalue weighted by molar-refractivity contribution is -0.136. The number of carbonyl (C=O) groups is 2. The van der Waals surface area contributed by atoms with Crippen molar-refractivity contribution in [1.29, 1.82) is 0 Å². The third-order valence-corrected chi connectivity index (χ3v) is 4.69. The van der Waals surface area contributed by atoms with Crippen molar-refractivity contribution in [2.45, 2.75) is 22.2 Å². The maximum Gasteiger partial charge on any atom is 0.407 e. The zero-order valence-corrected chi connectivity index (χ0v) is 17.5. The van der Waals surface area contributed by atoms with Crippen molar-refractivity contribution in [3.8, 4) is 5.75 Å². The van der Waals surface area contributed by atoms with E-state index in [2.05, 4.69) is 10.6 Å². The lowest BCUT2D eigenvalue weighted by atomic mass is 9.94. The monoisotopic (exact) mass is 456 g/mol. The molecule has 2 atom stereocenters. The number of benzene rings is 2. The molecule has 1 amide bonds. The standard InChI is InChI=1S/C20H19Cl3N2O4/c21-20(22,23)12-28-19(27)25-17(18(26)29-14-6-2-1-3-7-14)10-13-11-24-16-9-5-4-8-15(13)16/h1-9,13,17,24H,10-12H2,(H,25,27)/t13?,17-/m0/s1. The maximum atomic E-state index is 12.8. The SMILES string of the molecule is O=C(N[C@@H](CC1CNc2ccccc21)C(=O)Oc1ccccc1)OCC(Cl)(Cl)Cl. The Morgan fingerprint density at radius 1 is 1.10 bits per heavy atom. The van der Waals surface area contributed by atoms with Crippen molar-refractivity contribution in [2.75, 3.05) is 18.5 Å². The van der Waals surface area contributed by atoms with E-state index < -0.39 is 28.5 Å². The van der Waals surface area contributed by atoms with Crippen LogP contribution in [-0.4, -0.2) is 35.0 Å². The van der Waals surface area contributed by atoms with Gasteiger partial charge < -0.3 is 20.1 Å². The van der Waals surface area contributed by atoms with Crippen LogP contribution in [0, 0.1) is 0 Å². The number of halogens is 3. The van der Waals surface area contributed by atoms with E-state index >= 15 is 0 Å². The Morgan fingerprint density at radius 2 is 1.79 bits per heavy atom. The Labute approximate surface area is 183 Å². The van der Waals surface area contributed by atoms with Gasteiger partial charge in [-0.3, -0.25) is 0 Å². The van der Waals surface area contributed by atoms with Crippen LogP contribution in [0.3, 0.4) is 0 Å². The van der Waals surface area contributed by atoms with Gasteiger partial charge in [0.1, 0.15) is 18.4 Å². The summed E-state index contributed by atoms with van der Waals surface area (Å²) in [6.07, 6.45) is -0.552. The summed E-state index contributed by atoms with van der Waals surface area (Å²) in [4.78, 5) is 24.9. The Kier molecular flexibility index (Phi) is 7.11. The van der Waals surface area contributed by atoms with Gasteiger partial charge in [-0.15, -0.1) is 0 Å². The largest absolute Gasteiger partial charge is 0.445 e. The molecule has 0 spiro atoms. The average molecular weight is 458 g/mol. The Bertz CT molecular complexity index is 858. The second-order valence-electron chi connectivity index (χ2n) is 6.52. The summed E-state index contributed by atoms with van der Waals surface area (Å²) >= 11 is 16.8. The average Bonchev–Trinajstić information content (AvgIpc) is 3.09. The van der Waals surface area contributed by atoms with Gasteiger partial charge in [0, 0.05) is 18.2 Å². The number of hydrogen-bond acceptors (Lipinski definition) is 5. The smallest absolute Gasteiger partial charge is 0.407 e. The first-order chi connectivity index (χ1) is 13.8. The van der Waals surface area contributed by atoms with Gasteiger partial charge in [0.15, 0.2) is 0 Å². The zero-order valence-electron chi connectivity index (χ0n) is 15.2. The second kappa shape index (κ2) is 9.57. The number of alkyl halides is 3. The van der Waals surface area contributed by atoms with Crippen LogP contribution in [0.1, 0.15) is 17.9 Å². The quantitative estimate of drug-likeness (QED) is 0.375. The number of amides is 1. The highest BCUT2D eigenvalue weighted by Crippen LogP contribution is 2.34. The van der Waals surface area contributed by atoms with Crippen LogP contribution < -0.4 is 15.4 Å². The van der Waals surface area contributed by atoms with Crippen molar-refractivity contribution < 1.29 is 19.1 Å². The van der Waals surface area contributed by atoms with E-state index in [1.165, 1.54) is 0 Å². The molecule has 0 saturated carbocycles. The fourth-order valence-corrected chi connectivity index (χ4v) is 3.24. The zero-order chi connectivity index (χ0) is 20.9. The van der Waals surface area contributed by atoms with Gasteiger partial charge in [0.2, 0.25) is 3.79 Å². The molecule has 0 saturated heterocycles. The predicted octanol–water partition coefficient (Wildman–Crippen LogP) is 4.66. The van der Waals surface area contributed by atoms with E-state index in [1.54, 1.807) is 24.3 Å². The molecule has 0 aromatic heterocycles. The summed E-state index contributed by atoms with van der Waals surface area (Å²) in [5.41, 5.74) is 2.08. The minimum atomic E-state index is -1.74. The number of rotatable bonds is 6. The van der Waals surface area contributed by atoms with Crippen LogP contribution in [0.5, 0.6) is 5.75 Å². The molecule has 29 heavy (non-hydrogen) atoms. The molecule has 1 aliphatic rings. The highest BCUT2D eigenvalue weighted by atomic mass is 35.6. The maximum absolute atomic E-state index is 12.8. The summed E-state index contributed by atoms with van der Waals surface area (Å²) < 4.78 is 8.57. The van der Waals surface area contributed by atoms with Crippen LogP contribution in [0.15, 0.2) is 54.6 Å². The number of hydrogen-bond donors (Lipinski definition) is 2. The van der Waals surface area contributed by atoms with Crippen molar-refractivity contribution in [3.63, 3.8) is 0 Å². The number of alkyl carbamates (subject to hydrolysis) is 1. The predicted molar refractivity (Wildman–Crippen MR) is 113 cm³/mol. The van der Waals surface area contributed by atoms with Gasteiger partial charge in [-0.1, -0.05) is 71.2 Å². The molecule has 1 heterocycles. The lowest BCUT2D eigenvalue weighted by Gasteiger charge is -2.21. The van der Waals surface area contributed by atoms with Crippen molar-refractivity contribution >= 4 is 52.6 Å². The van der Waals surface area contributed by atoms with Crippen molar-refractivity contribution in [1.82, 2.24) is 5.32 Å². The number of ether oxygens (including phenoxy) is 2. The molecule has 0 bridgehead atoms. The van der Waals surface area contributed by atoms with Gasteiger partial charge in [0.25, 0.3) is 0 Å². The number of anilines is 1. The number of carbonyl (C=O) groups excluding carboxylic acids is 2. The van der Waals surface area contributed by atoms with Crippen LogP contribution in [0.2, 0.25) is 0 Å². The first kappa shape index (κ1) is 21.6. The summed E-state index contributed by atoms with van der Waals surface area (Å²) in [5.74, 6) is -0.219. The third-order valence-electron chi connectivity index (χ3n) is 4.36.